The topological polar surface area (TPSA) is 50.2 Å². The summed E-state index contributed by atoms with van der Waals surface area (Å²) in [5.74, 6) is -0.916. The fourth-order valence-corrected chi connectivity index (χ4v) is 3.09. The summed E-state index contributed by atoms with van der Waals surface area (Å²) in [5.41, 5.74) is 3.84. The van der Waals surface area contributed by atoms with Crippen molar-refractivity contribution < 1.29 is 9.90 Å². The average Bonchev–Trinajstić information content (AvgIpc) is 2.91. The van der Waals surface area contributed by atoms with Gasteiger partial charge in [-0.1, -0.05) is 17.7 Å². The summed E-state index contributed by atoms with van der Waals surface area (Å²) in [6.07, 6.45) is 0. The smallest absolute Gasteiger partial charge is 0.336 e. The standard InChI is InChI=1S/C16H13NO2S/c1-9-6-10(2)15-11(7-9)12(16(18)19)8-13(17-15)14-4-3-5-20-14/h3-8H,1-2H3,(H,18,19). The van der Waals surface area contributed by atoms with Gasteiger partial charge in [-0.05, 0) is 43.0 Å². The Bertz CT molecular complexity index is 807. The highest BCUT2D eigenvalue weighted by Gasteiger charge is 2.15. The first-order valence-electron chi connectivity index (χ1n) is 6.25. The molecule has 3 aromatic rings. The van der Waals surface area contributed by atoms with Crippen molar-refractivity contribution in [3.63, 3.8) is 0 Å². The molecule has 0 aliphatic carbocycles. The van der Waals surface area contributed by atoms with Gasteiger partial charge in [-0.25, -0.2) is 9.78 Å². The van der Waals surface area contributed by atoms with Crippen LogP contribution in [0.3, 0.4) is 0 Å². The number of thiophene rings is 1. The van der Waals surface area contributed by atoms with E-state index in [1.165, 1.54) is 0 Å². The monoisotopic (exact) mass is 283 g/mol. The third kappa shape index (κ3) is 2.08. The number of nitrogens with zero attached hydrogens (tertiary/aromatic N) is 1. The number of carboxylic acids is 1. The molecule has 0 atom stereocenters. The van der Waals surface area contributed by atoms with E-state index in [9.17, 15) is 9.90 Å². The quantitative estimate of drug-likeness (QED) is 0.763. The molecule has 20 heavy (non-hydrogen) atoms. The summed E-state index contributed by atoms with van der Waals surface area (Å²) in [5, 5.41) is 12.1. The van der Waals surface area contributed by atoms with Crippen molar-refractivity contribution in [3.05, 3.63) is 52.4 Å². The van der Waals surface area contributed by atoms with Gasteiger partial charge in [-0.2, -0.15) is 0 Å². The lowest BCUT2D eigenvalue weighted by Gasteiger charge is -2.09. The number of aromatic carboxylic acids is 1. The van der Waals surface area contributed by atoms with Gasteiger partial charge in [-0.15, -0.1) is 11.3 Å². The van der Waals surface area contributed by atoms with Crippen LogP contribution in [-0.2, 0) is 0 Å². The van der Waals surface area contributed by atoms with Crippen molar-refractivity contribution in [1.82, 2.24) is 4.98 Å². The molecule has 0 unspecified atom stereocenters. The molecule has 100 valence electrons. The first kappa shape index (κ1) is 12.8. The Balaban J connectivity index is 2.40. The van der Waals surface area contributed by atoms with Gasteiger partial charge < -0.3 is 5.11 Å². The molecular formula is C16H13NO2S. The molecular weight excluding hydrogens is 270 g/mol. The second kappa shape index (κ2) is 4.72. The zero-order valence-electron chi connectivity index (χ0n) is 11.2. The van der Waals surface area contributed by atoms with Crippen LogP contribution in [0.5, 0.6) is 0 Å². The van der Waals surface area contributed by atoms with Crippen LogP contribution in [0, 0.1) is 13.8 Å². The largest absolute Gasteiger partial charge is 0.478 e. The van der Waals surface area contributed by atoms with Gasteiger partial charge in [0.1, 0.15) is 0 Å². The molecule has 1 N–H and O–H groups in total. The van der Waals surface area contributed by atoms with Crippen LogP contribution < -0.4 is 0 Å². The predicted octanol–water partition coefficient (Wildman–Crippen LogP) is 4.28. The molecule has 0 fully saturated rings. The highest BCUT2D eigenvalue weighted by atomic mass is 32.1. The molecule has 0 radical (unpaired) electrons. The zero-order chi connectivity index (χ0) is 14.3. The second-order valence-electron chi connectivity index (χ2n) is 4.82. The molecule has 0 amide bonds. The molecule has 3 rings (SSSR count). The summed E-state index contributed by atoms with van der Waals surface area (Å²) in [6, 6.07) is 9.47. The van der Waals surface area contributed by atoms with Crippen LogP contribution in [-0.4, -0.2) is 16.1 Å². The Morgan fingerprint density at radius 1 is 1.25 bits per heavy atom. The first-order chi connectivity index (χ1) is 9.56. The van der Waals surface area contributed by atoms with E-state index in [1.807, 2.05) is 43.5 Å². The average molecular weight is 283 g/mol. The minimum absolute atomic E-state index is 0.310. The Labute approximate surface area is 120 Å². The number of aryl methyl sites for hydroxylation is 2. The van der Waals surface area contributed by atoms with E-state index in [2.05, 4.69) is 4.98 Å². The molecule has 0 bridgehead atoms. The van der Waals surface area contributed by atoms with Crippen LogP contribution >= 0.6 is 11.3 Å². The molecule has 0 spiro atoms. The summed E-state index contributed by atoms with van der Waals surface area (Å²) in [7, 11) is 0. The van der Waals surface area contributed by atoms with Gasteiger partial charge >= 0.3 is 5.97 Å². The van der Waals surface area contributed by atoms with E-state index in [1.54, 1.807) is 17.4 Å². The number of fused-ring (bicyclic) bond motifs is 1. The maximum Gasteiger partial charge on any atom is 0.336 e. The van der Waals surface area contributed by atoms with Gasteiger partial charge in [0, 0.05) is 5.39 Å². The van der Waals surface area contributed by atoms with E-state index < -0.39 is 5.97 Å². The number of rotatable bonds is 2. The molecule has 2 heterocycles. The Hall–Kier alpha value is -2.20. The zero-order valence-corrected chi connectivity index (χ0v) is 12.0. The van der Waals surface area contributed by atoms with Crippen LogP contribution in [0.25, 0.3) is 21.5 Å². The lowest BCUT2D eigenvalue weighted by Crippen LogP contribution is -2.01. The Morgan fingerprint density at radius 3 is 2.70 bits per heavy atom. The van der Waals surface area contributed by atoms with E-state index >= 15 is 0 Å². The minimum atomic E-state index is -0.916. The summed E-state index contributed by atoms with van der Waals surface area (Å²) < 4.78 is 0. The third-order valence-corrected chi connectivity index (χ3v) is 4.14. The number of aromatic nitrogens is 1. The van der Waals surface area contributed by atoms with E-state index in [0.29, 0.717) is 10.9 Å². The van der Waals surface area contributed by atoms with Crippen molar-refractivity contribution in [3.8, 4) is 10.6 Å². The number of hydrogen-bond donors (Lipinski definition) is 1. The first-order valence-corrected chi connectivity index (χ1v) is 7.13. The number of hydrogen-bond acceptors (Lipinski definition) is 3. The van der Waals surface area contributed by atoms with Gasteiger partial charge in [0.15, 0.2) is 0 Å². The summed E-state index contributed by atoms with van der Waals surface area (Å²) in [4.78, 5) is 17.2. The molecule has 2 aromatic heterocycles. The minimum Gasteiger partial charge on any atom is -0.478 e. The molecule has 0 saturated carbocycles. The molecule has 0 saturated heterocycles. The summed E-state index contributed by atoms with van der Waals surface area (Å²) in [6.45, 7) is 3.93. The number of benzene rings is 1. The van der Waals surface area contributed by atoms with Crippen molar-refractivity contribution in [2.24, 2.45) is 0 Å². The Kier molecular flexibility index (Phi) is 3.03. The highest BCUT2D eigenvalue weighted by Crippen LogP contribution is 2.29. The molecule has 3 nitrogen and oxygen atoms in total. The predicted molar refractivity (Wildman–Crippen MR) is 81.5 cm³/mol. The number of carbonyl (C=O) groups is 1. The van der Waals surface area contributed by atoms with Crippen LogP contribution in [0.4, 0.5) is 0 Å². The number of pyridine rings is 1. The fourth-order valence-electron chi connectivity index (χ4n) is 2.41. The highest BCUT2D eigenvalue weighted by molar-refractivity contribution is 7.13. The molecule has 4 heteroatoms. The van der Waals surface area contributed by atoms with Crippen LogP contribution in [0.2, 0.25) is 0 Å². The Morgan fingerprint density at radius 2 is 2.05 bits per heavy atom. The van der Waals surface area contributed by atoms with Gasteiger partial charge in [0.05, 0.1) is 21.7 Å². The van der Waals surface area contributed by atoms with Crippen LogP contribution in [0.1, 0.15) is 21.5 Å². The lowest BCUT2D eigenvalue weighted by molar-refractivity contribution is 0.0699. The normalized spacial score (nSPS) is 10.9. The van der Waals surface area contributed by atoms with Crippen LogP contribution in [0.15, 0.2) is 35.7 Å². The lowest BCUT2D eigenvalue weighted by atomic mass is 10.0. The van der Waals surface area contributed by atoms with Crippen molar-refractivity contribution in [1.29, 1.82) is 0 Å². The van der Waals surface area contributed by atoms with Crippen molar-refractivity contribution >= 4 is 28.2 Å². The second-order valence-corrected chi connectivity index (χ2v) is 5.76. The van der Waals surface area contributed by atoms with Crippen molar-refractivity contribution in [2.75, 3.05) is 0 Å². The van der Waals surface area contributed by atoms with Crippen molar-refractivity contribution in [2.45, 2.75) is 13.8 Å². The van der Waals surface area contributed by atoms with E-state index in [4.69, 9.17) is 0 Å². The van der Waals surface area contributed by atoms with Gasteiger partial charge in [0.2, 0.25) is 0 Å². The maximum atomic E-state index is 11.5. The maximum absolute atomic E-state index is 11.5. The summed E-state index contributed by atoms with van der Waals surface area (Å²) >= 11 is 1.56. The van der Waals surface area contributed by atoms with E-state index in [0.717, 1.165) is 27.2 Å². The van der Waals surface area contributed by atoms with Gasteiger partial charge in [0.25, 0.3) is 0 Å². The third-order valence-electron chi connectivity index (χ3n) is 3.25. The molecule has 0 aliphatic rings. The molecule has 1 aromatic carbocycles. The van der Waals surface area contributed by atoms with Gasteiger partial charge in [-0.3, -0.25) is 0 Å². The molecule has 0 aliphatic heterocycles. The SMILES string of the molecule is Cc1cc(C)c2nc(-c3cccs3)cc(C(=O)O)c2c1. The number of carboxylic acid groups (broad SMARTS) is 1. The van der Waals surface area contributed by atoms with E-state index in [-0.39, 0.29) is 0 Å². The fraction of sp³-hybridized carbons (Fsp3) is 0.125.